The smallest absolute Gasteiger partial charge is 0.156 e. The highest BCUT2D eigenvalue weighted by molar-refractivity contribution is 8.14. The van der Waals surface area contributed by atoms with Crippen LogP contribution in [0.15, 0.2) is 4.99 Å². The second-order valence-corrected chi connectivity index (χ2v) is 5.38. The van der Waals surface area contributed by atoms with Crippen LogP contribution in [0.2, 0.25) is 0 Å². The summed E-state index contributed by atoms with van der Waals surface area (Å²) in [6.45, 7) is 8.15. The van der Waals surface area contributed by atoms with Crippen molar-refractivity contribution in [2.24, 2.45) is 10.9 Å². The Labute approximate surface area is 96.7 Å². The second-order valence-electron chi connectivity index (χ2n) is 4.29. The minimum Gasteiger partial charge on any atom is -0.365 e. The van der Waals surface area contributed by atoms with Gasteiger partial charge in [0, 0.05) is 12.3 Å². The van der Waals surface area contributed by atoms with E-state index in [1.807, 2.05) is 11.8 Å². The molecule has 0 bridgehead atoms. The molecule has 2 aliphatic rings. The Balaban J connectivity index is 1.64. The Morgan fingerprint density at radius 2 is 2.27 bits per heavy atom. The second kappa shape index (κ2) is 5.75. The first-order valence-electron chi connectivity index (χ1n) is 6.02. The molecular weight excluding hydrogens is 206 g/mol. The fourth-order valence-corrected chi connectivity index (χ4v) is 2.92. The average Bonchev–Trinajstić information content (AvgIpc) is 2.80. The molecule has 2 heterocycles. The molecule has 0 unspecified atom stereocenters. The fourth-order valence-electron chi connectivity index (χ4n) is 2.18. The maximum Gasteiger partial charge on any atom is 0.156 e. The number of piperidine rings is 1. The molecule has 4 heteroatoms. The van der Waals surface area contributed by atoms with Crippen molar-refractivity contribution in [2.45, 2.75) is 19.8 Å². The molecule has 0 aromatic carbocycles. The van der Waals surface area contributed by atoms with Gasteiger partial charge in [0.1, 0.15) is 0 Å². The Hall–Kier alpha value is -0.220. The fraction of sp³-hybridized carbons (Fsp3) is 0.909. The van der Waals surface area contributed by atoms with Crippen LogP contribution in [-0.4, -0.2) is 48.5 Å². The van der Waals surface area contributed by atoms with Crippen LogP contribution in [0.25, 0.3) is 0 Å². The summed E-state index contributed by atoms with van der Waals surface area (Å²) in [4.78, 5) is 6.95. The van der Waals surface area contributed by atoms with E-state index in [0.717, 1.165) is 24.8 Å². The topological polar surface area (TPSA) is 27.6 Å². The molecule has 0 aliphatic carbocycles. The van der Waals surface area contributed by atoms with Gasteiger partial charge in [-0.2, -0.15) is 0 Å². The van der Waals surface area contributed by atoms with Gasteiger partial charge < -0.3 is 10.2 Å². The van der Waals surface area contributed by atoms with Crippen LogP contribution in [0.4, 0.5) is 0 Å². The standard InChI is InChI=1S/C11H21N3S/c1-2-14-6-3-10(4-7-14)9-13-11-12-5-8-15-11/h10H,2-9H2,1H3,(H,12,13). The molecule has 1 N–H and O–H groups in total. The number of hydrogen-bond donors (Lipinski definition) is 1. The van der Waals surface area contributed by atoms with E-state index in [-0.39, 0.29) is 0 Å². The van der Waals surface area contributed by atoms with Gasteiger partial charge in [-0.15, -0.1) is 0 Å². The van der Waals surface area contributed by atoms with Crippen molar-refractivity contribution >= 4 is 16.9 Å². The summed E-state index contributed by atoms with van der Waals surface area (Å²) < 4.78 is 0. The number of likely N-dealkylation sites (tertiary alicyclic amines) is 1. The maximum absolute atomic E-state index is 4.41. The SMILES string of the molecule is CCN1CCC(CNC2=NCCS2)CC1. The first-order chi connectivity index (χ1) is 7.38. The van der Waals surface area contributed by atoms with Crippen molar-refractivity contribution < 1.29 is 0 Å². The summed E-state index contributed by atoms with van der Waals surface area (Å²) in [7, 11) is 0. The molecule has 0 amide bonds. The van der Waals surface area contributed by atoms with Gasteiger partial charge in [-0.3, -0.25) is 4.99 Å². The number of nitrogens with one attached hydrogen (secondary N) is 1. The van der Waals surface area contributed by atoms with E-state index in [9.17, 15) is 0 Å². The van der Waals surface area contributed by atoms with Gasteiger partial charge >= 0.3 is 0 Å². The van der Waals surface area contributed by atoms with Gasteiger partial charge in [0.05, 0.1) is 6.54 Å². The Kier molecular flexibility index (Phi) is 4.32. The molecule has 1 saturated heterocycles. The number of rotatable bonds is 3. The highest BCUT2D eigenvalue weighted by atomic mass is 32.2. The molecule has 0 saturated carbocycles. The zero-order valence-corrected chi connectivity index (χ0v) is 10.4. The van der Waals surface area contributed by atoms with E-state index < -0.39 is 0 Å². The summed E-state index contributed by atoms with van der Waals surface area (Å²) in [6.07, 6.45) is 2.69. The van der Waals surface area contributed by atoms with Crippen LogP contribution in [0.3, 0.4) is 0 Å². The lowest BCUT2D eigenvalue weighted by Crippen LogP contribution is -2.37. The van der Waals surface area contributed by atoms with Crippen molar-refractivity contribution in [3.8, 4) is 0 Å². The summed E-state index contributed by atoms with van der Waals surface area (Å²) in [5.74, 6) is 2.02. The summed E-state index contributed by atoms with van der Waals surface area (Å²) in [6, 6.07) is 0. The zero-order valence-electron chi connectivity index (χ0n) is 9.54. The third-order valence-corrected chi connectivity index (χ3v) is 4.22. The third kappa shape index (κ3) is 3.38. The first-order valence-corrected chi connectivity index (χ1v) is 7.00. The van der Waals surface area contributed by atoms with Crippen LogP contribution in [-0.2, 0) is 0 Å². The van der Waals surface area contributed by atoms with Crippen LogP contribution in [0.5, 0.6) is 0 Å². The predicted molar refractivity (Wildman–Crippen MR) is 67.6 cm³/mol. The van der Waals surface area contributed by atoms with Crippen molar-refractivity contribution in [3.63, 3.8) is 0 Å². The van der Waals surface area contributed by atoms with Crippen molar-refractivity contribution in [3.05, 3.63) is 0 Å². The zero-order chi connectivity index (χ0) is 10.5. The number of aliphatic imine (C=N–C) groups is 1. The lowest BCUT2D eigenvalue weighted by molar-refractivity contribution is 0.193. The molecule has 0 aromatic rings. The minimum absolute atomic E-state index is 0.858. The van der Waals surface area contributed by atoms with Crippen LogP contribution in [0, 0.1) is 5.92 Å². The third-order valence-electron chi connectivity index (χ3n) is 3.28. The predicted octanol–water partition coefficient (Wildman–Crippen LogP) is 1.41. The molecule has 0 aromatic heterocycles. The van der Waals surface area contributed by atoms with Gasteiger partial charge in [0.2, 0.25) is 0 Å². The highest BCUT2D eigenvalue weighted by Crippen LogP contribution is 2.17. The van der Waals surface area contributed by atoms with Crippen LogP contribution >= 0.6 is 11.8 Å². The van der Waals surface area contributed by atoms with Gasteiger partial charge in [0.15, 0.2) is 5.17 Å². The summed E-state index contributed by atoms with van der Waals surface area (Å²) in [5.41, 5.74) is 0. The van der Waals surface area contributed by atoms with Gasteiger partial charge in [0.25, 0.3) is 0 Å². The first kappa shape index (κ1) is 11.3. The molecule has 86 valence electrons. The molecular formula is C11H21N3S. The Morgan fingerprint density at radius 3 is 2.87 bits per heavy atom. The van der Waals surface area contributed by atoms with Crippen molar-refractivity contribution in [1.82, 2.24) is 10.2 Å². The highest BCUT2D eigenvalue weighted by Gasteiger charge is 2.18. The Morgan fingerprint density at radius 1 is 1.47 bits per heavy atom. The molecule has 0 atom stereocenters. The van der Waals surface area contributed by atoms with Crippen LogP contribution in [0.1, 0.15) is 19.8 Å². The van der Waals surface area contributed by atoms with Crippen LogP contribution < -0.4 is 5.32 Å². The van der Waals surface area contributed by atoms with Gasteiger partial charge in [-0.25, -0.2) is 0 Å². The van der Waals surface area contributed by atoms with E-state index >= 15 is 0 Å². The van der Waals surface area contributed by atoms with E-state index in [1.165, 1.54) is 37.6 Å². The number of thioether (sulfide) groups is 1. The number of nitrogens with zero attached hydrogens (tertiary/aromatic N) is 2. The normalized spacial score (nSPS) is 24.2. The largest absolute Gasteiger partial charge is 0.365 e. The molecule has 0 spiro atoms. The Bertz CT molecular complexity index is 222. The van der Waals surface area contributed by atoms with E-state index in [4.69, 9.17) is 0 Å². The van der Waals surface area contributed by atoms with E-state index in [0.29, 0.717) is 0 Å². The molecule has 2 rings (SSSR count). The summed E-state index contributed by atoms with van der Waals surface area (Å²) in [5, 5.41) is 4.65. The van der Waals surface area contributed by atoms with Gasteiger partial charge in [-0.1, -0.05) is 18.7 Å². The van der Waals surface area contributed by atoms with E-state index in [1.54, 1.807) is 0 Å². The van der Waals surface area contributed by atoms with Crippen molar-refractivity contribution in [1.29, 1.82) is 0 Å². The molecule has 0 radical (unpaired) electrons. The minimum atomic E-state index is 0.858. The quantitative estimate of drug-likeness (QED) is 0.790. The maximum atomic E-state index is 4.41. The summed E-state index contributed by atoms with van der Waals surface area (Å²) >= 11 is 1.86. The monoisotopic (exact) mass is 227 g/mol. The molecule has 15 heavy (non-hydrogen) atoms. The average molecular weight is 227 g/mol. The van der Waals surface area contributed by atoms with Crippen molar-refractivity contribution in [2.75, 3.05) is 38.5 Å². The molecule has 2 aliphatic heterocycles. The number of hydrogen-bond acceptors (Lipinski definition) is 4. The molecule has 3 nitrogen and oxygen atoms in total. The van der Waals surface area contributed by atoms with Gasteiger partial charge in [-0.05, 0) is 38.4 Å². The lowest BCUT2D eigenvalue weighted by Gasteiger charge is -2.31. The molecule has 1 fully saturated rings. The lowest BCUT2D eigenvalue weighted by atomic mass is 9.97. The number of amidine groups is 1. The van der Waals surface area contributed by atoms with E-state index in [2.05, 4.69) is 22.1 Å².